The third kappa shape index (κ3) is 2.18. The number of likely N-dealkylation sites (N-methyl/N-ethyl adjacent to an activating group) is 1. The van der Waals surface area contributed by atoms with Crippen molar-refractivity contribution in [1.82, 2.24) is 4.98 Å². The molecule has 0 saturated carbocycles. The van der Waals surface area contributed by atoms with Crippen LogP contribution in [0.1, 0.15) is 0 Å². The largest absolute Gasteiger partial charge is 0.395 e. The van der Waals surface area contributed by atoms with Crippen LogP contribution in [0.3, 0.4) is 0 Å². The van der Waals surface area contributed by atoms with Crippen LogP contribution in [0.4, 0.5) is 5.69 Å². The molecule has 0 amide bonds. The van der Waals surface area contributed by atoms with Crippen LogP contribution >= 0.6 is 15.9 Å². The van der Waals surface area contributed by atoms with Crippen molar-refractivity contribution in [3.63, 3.8) is 0 Å². The van der Waals surface area contributed by atoms with Crippen LogP contribution in [0.25, 0.3) is 10.9 Å². The van der Waals surface area contributed by atoms with Gasteiger partial charge in [0.15, 0.2) is 0 Å². The fourth-order valence-electron chi connectivity index (χ4n) is 1.71. The first kappa shape index (κ1) is 11.4. The maximum Gasteiger partial charge on any atom is 0.0723 e. The Hall–Kier alpha value is -1.13. The van der Waals surface area contributed by atoms with Crippen LogP contribution in [-0.4, -0.2) is 30.3 Å². The highest BCUT2D eigenvalue weighted by molar-refractivity contribution is 9.10. The number of aliphatic hydroxyl groups is 1. The van der Waals surface area contributed by atoms with E-state index in [0.717, 1.165) is 21.1 Å². The molecule has 0 bridgehead atoms. The molecule has 0 aliphatic heterocycles. The van der Waals surface area contributed by atoms with Crippen molar-refractivity contribution in [3.05, 3.63) is 34.9 Å². The number of anilines is 1. The summed E-state index contributed by atoms with van der Waals surface area (Å²) in [6, 6.07) is 7.97. The van der Waals surface area contributed by atoms with Gasteiger partial charge in [-0.05, 0) is 24.3 Å². The summed E-state index contributed by atoms with van der Waals surface area (Å²) in [7, 11) is 1.96. The monoisotopic (exact) mass is 280 g/mol. The lowest BCUT2D eigenvalue weighted by Gasteiger charge is -2.19. The number of hydrogen-bond acceptors (Lipinski definition) is 3. The molecular weight excluding hydrogens is 268 g/mol. The standard InChI is InChI=1S/C12H13BrN2O/c1-15(6-7-16)12-4-5-14-11-3-2-9(13)8-10(11)12/h2-5,8,16H,6-7H2,1H3. The molecule has 3 nitrogen and oxygen atoms in total. The van der Waals surface area contributed by atoms with E-state index in [0.29, 0.717) is 6.54 Å². The average Bonchev–Trinajstić information content (AvgIpc) is 2.28. The number of rotatable bonds is 3. The maximum absolute atomic E-state index is 8.96. The predicted molar refractivity (Wildman–Crippen MR) is 69.8 cm³/mol. The molecule has 0 radical (unpaired) electrons. The van der Waals surface area contributed by atoms with E-state index in [2.05, 4.69) is 20.9 Å². The third-order valence-corrected chi connectivity index (χ3v) is 3.02. The summed E-state index contributed by atoms with van der Waals surface area (Å²) in [6.07, 6.45) is 1.79. The van der Waals surface area contributed by atoms with Crippen molar-refractivity contribution in [1.29, 1.82) is 0 Å². The summed E-state index contributed by atoms with van der Waals surface area (Å²) >= 11 is 3.46. The van der Waals surface area contributed by atoms with Gasteiger partial charge in [0.1, 0.15) is 0 Å². The zero-order valence-electron chi connectivity index (χ0n) is 9.02. The van der Waals surface area contributed by atoms with Gasteiger partial charge in [0, 0.05) is 35.3 Å². The molecule has 0 aliphatic rings. The molecule has 84 valence electrons. The number of pyridine rings is 1. The molecule has 0 atom stereocenters. The molecule has 0 fully saturated rings. The van der Waals surface area contributed by atoms with E-state index in [-0.39, 0.29) is 6.61 Å². The van der Waals surface area contributed by atoms with Crippen LogP contribution in [-0.2, 0) is 0 Å². The Balaban J connectivity index is 2.55. The van der Waals surface area contributed by atoms with Crippen LogP contribution in [0.15, 0.2) is 34.9 Å². The molecule has 1 aromatic carbocycles. The number of nitrogens with zero attached hydrogens (tertiary/aromatic N) is 2. The molecule has 4 heteroatoms. The Morgan fingerprint density at radius 2 is 2.19 bits per heavy atom. The highest BCUT2D eigenvalue weighted by Gasteiger charge is 2.06. The summed E-state index contributed by atoms with van der Waals surface area (Å²) in [6.45, 7) is 0.764. The summed E-state index contributed by atoms with van der Waals surface area (Å²) in [5.41, 5.74) is 2.05. The van der Waals surface area contributed by atoms with Gasteiger partial charge in [0.25, 0.3) is 0 Å². The SMILES string of the molecule is CN(CCO)c1ccnc2ccc(Br)cc12. The zero-order valence-corrected chi connectivity index (χ0v) is 10.6. The van der Waals surface area contributed by atoms with E-state index in [1.165, 1.54) is 0 Å². The Bertz CT molecular complexity index is 501. The highest BCUT2D eigenvalue weighted by atomic mass is 79.9. The van der Waals surface area contributed by atoms with Gasteiger partial charge in [-0.25, -0.2) is 0 Å². The smallest absolute Gasteiger partial charge is 0.0723 e. The zero-order chi connectivity index (χ0) is 11.5. The number of hydrogen-bond donors (Lipinski definition) is 1. The fraction of sp³-hybridized carbons (Fsp3) is 0.250. The quantitative estimate of drug-likeness (QED) is 0.938. The second-order valence-corrected chi connectivity index (χ2v) is 4.55. The van der Waals surface area contributed by atoms with Gasteiger partial charge in [-0.2, -0.15) is 0 Å². The molecule has 0 spiro atoms. The Labute approximate surface area is 103 Å². The molecule has 2 rings (SSSR count). The number of fused-ring (bicyclic) bond motifs is 1. The lowest BCUT2D eigenvalue weighted by molar-refractivity contribution is 0.304. The summed E-state index contributed by atoms with van der Waals surface area (Å²) in [4.78, 5) is 6.34. The van der Waals surface area contributed by atoms with Crippen molar-refractivity contribution in [2.24, 2.45) is 0 Å². The molecule has 16 heavy (non-hydrogen) atoms. The van der Waals surface area contributed by atoms with Gasteiger partial charge in [-0.1, -0.05) is 15.9 Å². The van der Waals surface area contributed by atoms with Crippen molar-refractivity contribution in [2.75, 3.05) is 25.1 Å². The summed E-state index contributed by atoms with van der Waals surface area (Å²) in [5.74, 6) is 0. The first-order valence-corrected chi connectivity index (χ1v) is 5.88. The summed E-state index contributed by atoms with van der Waals surface area (Å²) in [5, 5.41) is 10.0. The molecule has 1 aromatic heterocycles. The van der Waals surface area contributed by atoms with Crippen LogP contribution < -0.4 is 4.90 Å². The molecule has 0 unspecified atom stereocenters. The second kappa shape index (κ2) is 4.80. The highest BCUT2D eigenvalue weighted by Crippen LogP contribution is 2.27. The van der Waals surface area contributed by atoms with E-state index in [1.54, 1.807) is 6.20 Å². The lowest BCUT2D eigenvalue weighted by Crippen LogP contribution is -2.21. The van der Waals surface area contributed by atoms with Gasteiger partial charge in [0.05, 0.1) is 12.1 Å². The van der Waals surface area contributed by atoms with Gasteiger partial charge >= 0.3 is 0 Å². The minimum Gasteiger partial charge on any atom is -0.395 e. The van der Waals surface area contributed by atoms with Gasteiger partial charge in [0.2, 0.25) is 0 Å². The van der Waals surface area contributed by atoms with E-state index in [9.17, 15) is 0 Å². The van der Waals surface area contributed by atoms with E-state index < -0.39 is 0 Å². The lowest BCUT2D eigenvalue weighted by atomic mass is 10.2. The number of benzene rings is 1. The summed E-state index contributed by atoms with van der Waals surface area (Å²) < 4.78 is 1.03. The Kier molecular flexibility index (Phi) is 3.41. The minimum absolute atomic E-state index is 0.147. The normalized spacial score (nSPS) is 10.7. The number of aliphatic hydroxyl groups excluding tert-OH is 1. The van der Waals surface area contributed by atoms with E-state index in [1.807, 2.05) is 36.2 Å². The minimum atomic E-state index is 0.147. The number of halogens is 1. The Morgan fingerprint density at radius 1 is 1.38 bits per heavy atom. The van der Waals surface area contributed by atoms with Crippen molar-refractivity contribution >= 4 is 32.5 Å². The van der Waals surface area contributed by atoms with E-state index >= 15 is 0 Å². The Morgan fingerprint density at radius 3 is 2.94 bits per heavy atom. The van der Waals surface area contributed by atoms with Crippen LogP contribution in [0.5, 0.6) is 0 Å². The molecular formula is C12H13BrN2O. The molecule has 2 aromatic rings. The predicted octanol–water partition coefficient (Wildman–Crippen LogP) is 2.43. The first-order chi connectivity index (χ1) is 7.72. The topological polar surface area (TPSA) is 36.4 Å². The first-order valence-electron chi connectivity index (χ1n) is 5.08. The van der Waals surface area contributed by atoms with Gasteiger partial charge in [-0.3, -0.25) is 4.98 Å². The molecule has 0 saturated heterocycles. The van der Waals surface area contributed by atoms with E-state index in [4.69, 9.17) is 5.11 Å². The average molecular weight is 281 g/mol. The van der Waals surface area contributed by atoms with Gasteiger partial charge in [-0.15, -0.1) is 0 Å². The molecule has 1 N–H and O–H groups in total. The number of aromatic nitrogens is 1. The maximum atomic E-state index is 8.96. The van der Waals surface area contributed by atoms with Crippen molar-refractivity contribution < 1.29 is 5.11 Å². The van der Waals surface area contributed by atoms with Crippen molar-refractivity contribution in [2.45, 2.75) is 0 Å². The van der Waals surface area contributed by atoms with Gasteiger partial charge < -0.3 is 10.0 Å². The fourth-order valence-corrected chi connectivity index (χ4v) is 2.07. The molecule has 1 heterocycles. The third-order valence-electron chi connectivity index (χ3n) is 2.53. The van der Waals surface area contributed by atoms with Crippen molar-refractivity contribution in [3.8, 4) is 0 Å². The van der Waals surface area contributed by atoms with Crippen LogP contribution in [0.2, 0.25) is 0 Å². The second-order valence-electron chi connectivity index (χ2n) is 3.64. The van der Waals surface area contributed by atoms with Crippen LogP contribution in [0, 0.1) is 0 Å². The molecule has 0 aliphatic carbocycles.